The molecule has 0 saturated heterocycles. The molecule has 1 heterocycles. The van der Waals surface area contributed by atoms with Crippen molar-refractivity contribution >= 4 is 5.97 Å². The van der Waals surface area contributed by atoms with E-state index >= 15 is 0 Å². The fraction of sp³-hybridized carbons (Fsp3) is 0.286. The summed E-state index contributed by atoms with van der Waals surface area (Å²) >= 11 is 0. The van der Waals surface area contributed by atoms with Crippen LogP contribution in [0.15, 0.2) is 12.4 Å². The van der Waals surface area contributed by atoms with Crippen LogP contribution < -0.4 is 0 Å². The van der Waals surface area contributed by atoms with Gasteiger partial charge in [-0.3, -0.25) is 0 Å². The van der Waals surface area contributed by atoms with Gasteiger partial charge in [0.15, 0.2) is 0 Å². The van der Waals surface area contributed by atoms with E-state index < -0.39 is 24.4 Å². The van der Waals surface area contributed by atoms with Crippen LogP contribution in [0.3, 0.4) is 0 Å². The highest BCUT2D eigenvalue weighted by Crippen LogP contribution is 2.18. The number of halogens is 3. The lowest BCUT2D eigenvalue weighted by Crippen LogP contribution is -2.14. The molecule has 14 heavy (non-hydrogen) atoms. The lowest BCUT2D eigenvalue weighted by atomic mass is 10.3. The van der Waals surface area contributed by atoms with Crippen molar-refractivity contribution < 1.29 is 23.1 Å². The molecule has 0 aromatic carbocycles. The minimum Gasteiger partial charge on any atom is -0.478 e. The number of carboxylic acid groups (broad SMARTS) is 1. The van der Waals surface area contributed by atoms with Gasteiger partial charge in [0.05, 0.1) is 5.56 Å². The second-order valence-corrected chi connectivity index (χ2v) is 2.49. The molecule has 1 rings (SSSR count). The maximum Gasteiger partial charge on any atom is 0.396 e. The van der Waals surface area contributed by atoms with E-state index in [2.05, 4.69) is 9.97 Å². The van der Waals surface area contributed by atoms with E-state index in [9.17, 15) is 18.0 Å². The average molecular weight is 206 g/mol. The minimum atomic E-state index is -4.38. The molecule has 0 amide bonds. The quantitative estimate of drug-likeness (QED) is 0.791. The molecule has 7 heteroatoms. The molecule has 1 aromatic rings. The highest BCUT2D eigenvalue weighted by atomic mass is 19.4. The monoisotopic (exact) mass is 206 g/mol. The minimum absolute atomic E-state index is 0.240. The Balaban J connectivity index is 2.79. The normalized spacial score (nSPS) is 11.4. The second-order valence-electron chi connectivity index (χ2n) is 2.49. The van der Waals surface area contributed by atoms with Gasteiger partial charge in [-0.05, 0) is 0 Å². The lowest BCUT2D eigenvalue weighted by molar-refractivity contribution is -0.128. The van der Waals surface area contributed by atoms with Crippen molar-refractivity contribution in [2.75, 3.05) is 0 Å². The Morgan fingerprint density at radius 3 is 2.21 bits per heavy atom. The van der Waals surface area contributed by atoms with Crippen LogP contribution in [0.1, 0.15) is 16.2 Å². The van der Waals surface area contributed by atoms with Gasteiger partial charge in [-0.1, -0.05) is 0 Å². The molecule has 0 saturated carbocycles. The number of carboxylic acids is 1. The first-order valence-corrected chi connectivity index (χ1v) is 3.49. The van der Waals surface area contributed by atoms with Crippen LogP contribution in [0.2, 0.25) is 0 Å². The molecule has 0 bridgehead atoms. The summed E-state index contributed by atoms with van der Waals surface area (Å²) in [5.41, 5.74) is -0.240. The van der Waals surface area contributed by atoms with Gasteiger partial charge in [0.25, 0.3) is 0 Å². The number of hydrogen-bond acceptors (Lipinski definition) is 3. The zero-order valence-corrected chi connectivity index (χ0v) is 6.75. The van der Waals surface area contributed by atoms with Crippen molar-refractivity contribution in [3.63, 3.8) is 0 Å². The number of carbonyl (C=O) groups is 1. The fourth-order valence-electron chi connectivity index (χ4n) is 0.736. The third-order valence-electron chi connectivity index (χ3n) is 1.31. The summed E-state index contributed by atoms with van der Waals surface area (Å²) in [6.45, 7) is 0. The van der Waals surface area contributed by atoms with Gasteiger partial charge in [-0.2, -0.15) is 13.2 Å². The summed E-state index contributed by atoms with van der Waals surface area (Å²) in [4.78, 5) is 16.8. The summed E-state index contributed by atoms with van der Waals surface area (Å²) in [6, 6.07) is 0. The van der Waals surface area contributed by atoms with Gasteiger partial charge in [0.2, 0.25) is 0 Å². The number of aromatic carboxylic acids is 1. The standard InChI is InChI=1S/C7H5F3N2O2/c8-7(9,10)1-5-11-2-4(3-12-5)6(13)14/h2-3H,1H2,(H,13,14). The van der Waals surface area contributed by atoms with Gasteiger partial charge in [-0.25, -0.2) is 14.8 Å². The van der Waals surface area contributed by atoms with E-state index in [0.29, 0.717) is 0 Å². The Hall–Kier alpha value is -1.66. The number of nitrogens with zero attached hydrogens (tertiary/aromatic N) is 2. The lowest BCUT2D eigenvalue weighted by Gasteiger charge is -2.03. The molecule has 0 unspecified atom stereocenters. The zero-order valence-electron chi connectivity index (χ0n) is 6.75. The summed E-state index contributed by atoms with van der Waals surface area (Å²) in [6.07, 6.45) is -3.95. The maximum absolute atomic E-state index is 11.8. The van der Waals surface area contributed by atoms with Crippen molar-refractivity contribution in [3.8, 4) is 0 Å². The number of hydrogen-bond donors (Lipinski definition) is 1. The summed E-state index contributed by atoms with van der Waals surface area (Å²) in [7, 11) is 0. The molecular weight excluding hydrogens is 201 g/mol. The largest absolute Gasteiger partial charge is 0.478 e. The predicted molar refractivity (Wildman–Crippen MR) is 38.8 cm³/mol. The van der Waals surface area contributed by atoms with Crippen LogP contribution in [0.4, 0.5) is 13.2 Å². The Labute approximate surface area is 76.4 Å². The first kappa shape index (κ1) is 10.4. The van der Waals surface area contributed by atoms with Gasteiger partial charge in [-0.15, -0.1) is 0 Å². The van der Waals surface area contributed by atoms with Crippen LogP contribution in [0, 0.1) is 0 Å². The van der Waals surface area contributed by atoms with Gasteiger partial charge < -0.3 is 5.11 Å². The zero-order chi connectivity index (χ0) is 10.8. The number of alkyl halides is 3. The van der Waals surface area contributed by atoms with E-state index in [1.165, 1.54) is 0 Å². The Morgan fingerprint density at radius 1 is 1.36 bits per heavy atom. The highest BCUT2D eigenvalue weighted by molar-refractivity contribution is 5.86. The third-order valence-corrected chi connectivity index (χ3v) is 1.31. The van der Waals surface area contributed by atoms with E-state index in [1.54, 1.807) is 0 Å². The highest BCUT2D eigenvalue weighted by Gasteiger charge is 2.29. The van der Waals surface area contributed by atoms with E-state index in [1.807, 2.05) is 0 Å². The van der Waals surface area contributed by atoms with Crippen molar-refractivity contribution in [2.45, 2.75) is 12.6 Å². The molecule has 0 aliphatic carbocycles. The van der Waals surface area contributed by atoms with Crippen LogP contribution in [0.25, 0.3) is 0 Å². The van der Waals surface area contributed by atoms with E-state index in [0.717, 1.165) is 12.4 Å². The summed E-state index contributed by atoms with van der Waals surface area (Å²) in [5, 5.41) is 8.41. The first-order valence-electron chi connectivity index (χ1n) is 3.49. The molecule has 1 N–H and O–H groups in total. The molecule has 4 nitrogen and oxygen atoms in total. The van der Waals surface area contributed by atoms with Crippen molar-refractivity contribution in [1.82, 2.24) is 9.97 Å². The molecule has 0 aliphatic rings. The van der Waals surface area contributed by atoms with Crippen LogP contribution >= 0.6 is 0 Å². The molecule has 1 aromatic heterocycles. The molecule has 0 aliphatic heterocycles. The topological polar surface area (TPSA) is 63.1 Å². The smallest absolute Gasteiger partial charge is 0.396 e. The van der Waals surface area contributed by atoms with Crippen LogP contribution in [-0.2, 0) is 6.42 Å². The van der Waals surface area contributed by atoms with Gasteiger partial charge in [0, 0.05) is 12.4 Å². The second kappa shape index (κ2) is 3.60. The Bertz CT molecular complexity index is 334. The average Bonchev–Trinajstić information content (AvgIpc) is 2.02. The van der Waals surface area contributed by atoms with E-state index in [4.69, 9.17) is 5.11 Å². The first-order chi connectivity index (χ1) is 6.38. The molecule has 0 fully saturated rings. The molecule has 76 valence electrons. The molecule has 0 atom stereocenters. The number of aromatic nitrogens is 2. The maximum atomic E-state index is 11.8. The van der Waals surface area contributed by atoms with E-state index in [-0.39, 0.29) is 5.56 Å². The van der Waals surface area contributed by atoms with Crippen molar-refractivity contribution in [3.05, 3.63) is 23.8 Å². The summed E-state index contributed by atoms with van der Waals surface area (Å²) in [5.74, 6) is -1.72. The molecule has 0 radical (unpaired) electrons. The Morgan fingerprint density at radius 2 is 1.86 bits per heavy atom. The molecular formula is C7H5F3N2O2. The van der Waals surface area contributed by atoms with Crippen molar-refractivity contribution in [2.24, 2.45) is 0 Å². The van der Waals surface area contributed by atoms with Crippen LogP contribution in [0.5, 0.6) is 0 Å². The van der Waals surface area contributed by atoms with Gasteiger partial charge >= 0.3 is 12.1 Å². The Kier molecular flexibility index (Phi) is 2.68. The summed E-state index contributed by atoms with van der Waals surface area (Å²) < 4.78 is 35.4. The SMILES string of the molecule is O=C(O)c1cnc(CC(F)(F)F)nc1. The third kappa shape index (κ3) is 3.00. The van der Waals surface area contributed by atoms with Crippen molar-refractivity contribution in [1.29, 1.82) is 0 Å². The number of rotatable bonds is 2. The fourth-order valence-corrected chi connectivity index (χ4v) is 0.736. The van der Waals surface area contributed by atoms with Crippen LogP contribution in [-0.4, -0.2) is 27.2 Å². The molecule has 0 spiro atoms. The predicted octanol–water partition coefficient (Wildman–Crippen LogP) is 1.28. The van der Waals surface area contributed by atoms with Gasteiger partial charge in [0.1, 0.15) is 12.2 Å².